The first-order valence-corrected chi connectivity index (χ1v) is 8.37. The number of aromatic nitrogens is 2. The minimum absolute atomic E-state index is 0.0944. The lowest BCUT2D eigenvalue weighted by atomic mass is 10.2. The number of carbonyl (C=O) groups excluding carboxylic acids is 1. The average molecular weight is 328 g/mol. The summed E-state index contributed by atoms with van der Waals surface area (Å²) >= 11 is 0. The van der Waals surface area contributed by atoms with Crippen molar-refractivity contribution in [3.63, 3.8) is 0 Å². The molecular weight excluding hydrogens is 304 g/mol. The molecule has 0 radical (unpaired) electrons. The quantitative estimate of drug-likeness (QED) is 0.827. The van der Waals surface area contributed by atoms with Gasteiger partial charge in [-0.05, 0) is 51.1 Å². The molecule has 6 nitrogen and oxygen atoms in total. The van der Waals surface area contributed by atoms with Crippen LogP contribution in [0.1, 0.15) is 36.0 Å². The minimum atomic E-state index is -0.105. The van der Waals surface area contributed by atoms with Gasteiger partial charge in [-0.3, -0.25) is 14.4 Å². The van der Waals surface area contributed by atoms with Crippen molar-refractivity contribution in [2.75, 3.05) is 19.6 Å². The van der Waals surface area contributed by atoms with Gasteiger partial charge in [-0.25, -0.2) is 0 Å². The Bertz CT molecular complexity index is 710. The van der Waals surface area contributed by atoms with Crippen molar-refractivity contribution >= 4 is 12.0 Å². The monoisotopic (exact) mass is 328 g/mol. The van der Waals surface area contributed by atoms with Gasteiger partial charge in [-0.2, -0.15) is 5.10 Å². The van der Waals surface area contributed by atoms with Crippen molar-refractivity contribution in [3.8, 4) is 0 Å². The second-order valence-corrected chi connectivity index (χ2v) is 6.23. The largest absolute Gasteiger partial charge is 0.465 e. The van der Waals surface area contributed by atoms with Crippen LogP contribution in [0.3, 0.4) is 0 Å². The second-order valence-electron chi connectivity index (χ2n) is 6.23. The maximum atomic E-state index is 12.1. The van der Waals surface area contributed by atoms with E-state index in [1.54, 1.807) is 23.0 Å². The van der Waals surface area contributed by atoms with Crippen LogP contribution in [0.2, 0.25) is 0 Å². The maximum Gasteiger partial charge on any atom is 0.244 e. The molecule has 1 saturated heterocycles. The predicted molar refractivity (Wildman–Crippen MR) is 92.2 cm³/mol. The third kappa shape index (κ3) is 4.14. The Hall–Kier alpha value is -2.34. The van der Waals surface area contributed by atoms with Crippen LogP contribution >= 0.6 is 0 Å². The number of hydrogen-bond acceptors (Lipinski definition) is 4. The Kier molecular flexibility index (Phi) is 5.15. The van der Waals surface area contributed by atoms with Crippen molar-refractivity contribution in [2.24, 2.45) is 7.05 Å². The van der Waals surface area contributed by atoms with Crippen molar-refractivity contribution in [1.82, 2.24) is 20.0 Å². The Morgan fingerprint density at radius 3 is 2.83 bits per heavy atom. The molecule has 1 N–H and O–H groups in total. The lowest BCUT2D eigenvalue weighted by Crippen LogP contribution is -2.36. The van der Waals surface area contributed by atoms with Crippen molar-refractivity contribution < 1.29 is 9.21 Å². The molecule has 1 atom stereocenters. The van der Waals surface area contributed by atoms with Gasteiger partial charge in [0, 0.05) is 31.4 Å². The molecule has 1 fully saturated rings. The minimum Gasteiger partial charge on any atom is -0.465 e. The first-order chi connectivity index (χ1) is 11.6. The summed E-state index contributed by atoms with van der Waals surface area (Å²) in [5, 5.41) is 7.07. The number of furan rings is 1. The van der Waals surface area contributed by atoms with Gasteiger partial charge in [0.05, 0.1) is 12.2 Å². The fraction of sp³-hybridized carbons (Fsp3) is 0.444. The van der Waals surface area contributed by atoms with Gasteiger partial charge in [0.25, 0.3) is 0 Å². The molecule has 6 heteroatoms. The molecule has 1 aliphatic rings. The van der Waals surface area contributed by atoms with Gasteiger partial charge in [-0.15, -0.1) is 0 Å². The number of likely N-dealkylation sites (tertiary alicyclic amines) is 1. The summed E-state index contributed by atoms with van der Waals surface area (Å²) in [6.07, 6.45) is 9.30. The van der Waals surface area contributed by atoms with E-state index in [9.17, 15) is 4.79 Å². The van der Waals surface area contributed by atoms with Crippen LogP contribution in [0.15, 0.2) is 35.0 Å². The zero-order valence-corrected chi connectivity index (χ0v) is 14.2. The molecule has 0 aliphatic carbocycles. The highest BCUT2D eigenvalue weighted by atomic mass is 16.3. The van der Waals surface area contributed by atoms with E-state index in [0.717, 1.165) is 30.2 Å². The average Bonchev–Trinajstić information content (AvgIpc) is 3.29. The number of carbonyl (C=O) groups is 1. The highest BCUT2D eigenvalue weighted by Gasteiger charge is 2.26. The van der Waals surface area contributed by atoms with Gasteiger partial charge < -0.3 is 9.73 Å². The fourth-order valence-corrected chi connectivity index (χ4v) is 3.05. The number of nitrogens with zero attached hydrogens (tertiary/aromatic N) is 3. The summed E-state index contributed by atoms with van der Waals surface area (Å²) in [6, 6.07) is 4.08. The standard InChI is InChI=1S/C18H24N4O2/c1-14-5-7-17(24-14)16(22-9-3-4-10-22)12-19-18(23)8-6-15-11-20-21(2)13-15/h5-8,11,13,16H,3-4,9-10,12H2,1-2H3,(H,19,23)/b8-6-/t16-/m0/s1. The third-order valence-corrected chi connectivity index (χ3v) is 4.29. The summed E-state index contributed by atoms with van der Waals surface area (Å²) in [7, 11) is 1.85. The van der Waals surface area contributed by atoms with E-state index in [1.807, 2.05) is 32.3 Å². The molecule has 0 bridgehead atoms. The van der Waals surface area contributed by atoms with Gasteiger partial charge >= 0.3 is 0 Å². The van der Waals surface area contributed by atoms with Crippen molar-refractivity contribution in [2.45, 2.75) is 25.8 Å². The van der Waals surface area contributed by atoms with Crippen LogP contribution in [-0.4, -0.2) is 40.2 Å². The highest BCUT2D eigenvalue weighted by Crippen LogP contribution is 2.26. The summed E-state index contributed by atoms with van der Waals surface area (Å²) in [4.78, 5) is 14.5. The molecule has 1 aliphatic heterocycles. The fourth-order valence-electron chi connectivity index (χ4n) is 3.05. The topological polar surface area (TPSA) is 63.3 Å². The normalized spacial score (nSPS) is 16.8. The van der Waals surface area contributed by atoms with E-state index in [-0.39, 0.29) is 11.9 Å². The molecule has 0 aromatic carbocycles. The zero-order chi connectivity index (χ0) is 16.9. The molecule has 0 saturated carbocycles. The SMILES string of the molecule is Cc1ccc([C@H](CNC(=O)/C=C\c2cnn(C)c2)N2CCCC2)o1. The van der Waals surface area contributed by atoms with Crippen molar-refractivity contribution in [1.29, 1.82) is 0 Å². The van der Waals surface area contributed by atoms with Crippen molar-refractivity contribution in [3.05, 3.63) is 47.7 Å². The molecule has 1 amide bonds. The number of hydrogen-bond donors (Lipinski definition) is 1. The predicted octanol–water partition coefficient (Wildman–Crippen LogP) is 2.29. The molecule has 0 spiro atoms. The number of nitrogens with one attached hydrogen (secondary N) is 1. The van der Waals surface area contributed by atoms with Gasteiger partial charge in [-0.1, -0.05) is 0 Å². The first-order valence-electron chi connectivity index (χ1n) is 8.37. The Morgan fingerprint density at radius 1 is 1.42 bits per heavy atom. The van der Waals surface area contributed by atoms with Crippen LogP contribution in [0.4, 0.5) is 0 Å². The van der Waals surface area contributed by atoms with E-state index in [2.05, 4.69) is 15.3 Å². The van der Waals surface area contributed by atoms with Gasteiger partial charge in [0.15, 0.2) is 0 Å². The van der Waals surface area contributed by atoms with Crippen LogP contribution in [0, 0.1) is 6.92 Å². The Morgan fingerprint density at radius 2 is 2.21 bits per heavy atom. The molecular formula is C18H24N4O2. The highest BCUT2D eigenvalue weighted by molar-refractivity contribution is 5.91. The maximum absolute atomic E-state index is 12.1. The van der Waals surface area contributed by atoms with Crippen LogP contribution < -0.4 is 5.32 Å². The van der Waals surface area contributed by atoms with Gasteiger partial charge in [0.2, 0.25) is 5.91 Å². The Labute approximate surface area is 142 Å². The number of rotatable bonds is 6. The third-order valence-electron chi connectivity index (χ3n) is 4.29. The molecule has 0 unspecified atom stereocenters. The van der Waals surface area contributed by atoms with E-state index in [1.165, 1.54) is 12.8 Å². The van der Waals surface area contributed by atoms with Gasteiger partial charge in [0.1, 0.15) is 11.5 Å². The molecule has 2 aromatic rings. The number of amides is 1. The van der Waals surface area contributed by atoms with E-state index < -0.39 is 0 Å². The van der Waals surface area contributed by atoms with E-state index >= 15 is 0 Å². The summed E-state index contributed by atoms with van der Waals surface area (Å²) in [5.74, 6) is 1.72. The smallest absolute Gasteiger partial charge is 0.244 e. The summed E-state index contributed by atoms with van der Waals surface area (Å²) < 4.78 is 7.51. The lowest BCUT2D eigenvalue weighted by Gasteiger charge is -2.25. The molecule has 3 rings (SSSR count). The molecule has 3 heterocycles. The lowest BCUT2D eigenvalue weighted by molar-refractivity contribution is -0.116. The number of aryl methyl sites for hydroxylation is 2. The molecule has 24 heavy (non-hydrogen) atoms. The zero-order valence-electron chi connectivity index (χ0n) is 14.2. The summed E-state index contributed by atoms with van der Waals surface area (Å²) in [6.45, 7) is 4.58. The van der Waals surface area contributed by atoms with Crippen LogP contribution in [0.5, 0.6) is 0 Å². The Balaban J connectivity index is 1.60. The second kappa shape index (κ2) is 7.49. The van der Waals surface area contributed by atoms with Crippen LogP contribution in [0.25, 0.3) is 6.08 Å². The molecule has 128 valence electrons. The summed E-state index contributed by atoms with van der Waals surface area (Å²) in [5.41, 5.74) is 0.908. The van der Waals surface area contributed by atoms with E-state index in [0.29, 0.717) is 6.54 Å². The molecule has 2 aromatic heterocycles. The van der Waals surface area contributed by atoms with Crippen LogP contribution in [-0.2, 0) is 11.8 Å². The van der Waals surface area contributed by atoms with E-state index in [4.69, 9.17) is 4.42 Å². The first kappa shape index (κ1) is 16.5.